The molecule has 9 heteroatoms. The van der Waals surface area contributed by atoms with E-state index >= 15 is 0 Å². The third-order valence-electron chi connectivity index (χ3n) is 6.51. The Hall–Kier alpha value is -3.85. The molecule has 1 aliphatic heterocycles. The van der Waals surface area contributed by atoms with Crippen LogP contribution in [0.5, 0.6) is 11.5 Å². The van der Waals surface area contributed by atoms with Crippen molar-refractivity contribution in [2.75, 3.05) is 25.1 Å². The molecule has 3 aromatic rings. The van der Waals surface area contributed by atoms with Crippen molar-refractivity contribution < 1.29 is 19.1 Å². The standard InChI is InChI=1S/C28H35N5O4/c1-4-18-17(15-32-28(35)22-11-8-12-30-22)9-7-10-21(18)33-26-19-13-24(36-5-2)25(37-6-3)14-23(19)31-16-20(26)27(29)34/h7,9-10,13-14,16,22,30H,4-6,8,11-12,15H2,1-3H3,(H2,29,34)(H,31,33)(H,32,35)/t22-/m1/s1. The van der Waals surface area contributed by atoms with Crippen LogP contribution in [0.3, 0.4) is 0 Å². The molecule has 0 spiro atoms. The normalized spacial score (nSPS) is 14.9. The Kier molecular flexibility index (Phi) is 8.45. The topological polar surface area (TPSA) is 128 Å². The van der Waals surface area contributed by atoms with Crippen LogP contribution in [-0.4, -0.2) is 42.6 Å². The lowest BCUT2D eigenvalue weighted by Gasteiger charge is -2.20. The van der Waals surface area contributed by atoms with Gasteiger partial charge in [0, 0.05) is 29.9 Å². The highest BCUT2D eigenvalue weighted by Crippen LogP contribution is 2.38. The number of hydrogen-bond acceptors (Lipinski definition) is 7. The Morgan fingerprint density at radius 3 is 2.54 bits per heavy atom. The number of carbonyl (C=O) groups is 2. The summed E-state index contributed by atoms with van der Waals surface area (Å²) in [7, 11) is 0. The molecule has 2 amide bonds. The van der Waals surface area contributed by atoms with Crippen LogP contribution in [0.1, 0.15) is 55.1 Å². The molecule has 1 atom stereocenters. The number of carbonyl (C=O) groups excluding carboxylic acids is 2. The van der Waals surface area contributed by atoms with Crippen LogP contribution in [0.2, 0.25) is 0 Å². The minimum absolute atomic E-state index is 0.0163. The summed E-state index contributed by atoms with van der Waals surface area (Å²) in [5.74, 6) is 0.582. The smallest absolute Gasteiger partial charge is 0.252 e. The predicted molar refractivity (Wildman–Crippen MR) is 145 cm³/mol. The molecule has 0 bridgehead atoms. The highest BCUT2D eigenvalue weighted by Gasteiger charge is 2.22. The van der Waals surface area contributed by atoms with Crippen molar-refractivity contribution in [1.29, 1.82) is 0 Å². The zero-order chi connectivity index (χ0) is 26.4. The number of benzene rings is 2. The number of aromatic nitrogens is 1. The lowest BCUT2D eigenvalue weighted by Crippen LogP contribution is -2.40. The molecule has 1 aromatic heterocycles. The van der Waals surface area contributed by atoms with Gasteiger partial charge in [0.1, 0.15) is 0 Å². The number of nitrogens with two attached hydrogens (primary N) is 1. The first-order chi connectivity index (χ1) is 18.0. The average Bonchev–Trinajstić information content (AvgIpc) is 3.43. The molecule has 1 saturated heterocycles. The monoisotopic (exact) mass is 505 g/mol. The van der Waals surface area contributed by atoms with E-state index in [-0.39, 0.29) is 17.5 Å². The molecule has 0 aliphatic carbocycles. The number of nitrogens with zero attached hydrogens (tertiary/aromatic N) is 1. The molecular formula is C28H35N5O4. The van der Waals surface area contributed by atoms with E-state index in [0.29, 0.717) is 47.8 Å². The van der Waals surface area contributed by atoms with Crippen molar-refractivity contribution in [2.45, 2.75) is 52.6 Å². The molecule has 9 nitrogen and oxygen atoms in total. The van der Waals surface area contributed by atoms with Crippen LogP contribution in [0, 0.1) is 0 Å². The van der Waals surface area contributed by atoms with E-state index in [1.807, 2.05) is 44.2 Å². The van der Waals surface area contributed by atoms with Gasteiger partial charge in [-0.1, -0.05) is 19.1 Å². The Morgan fingerprint density at radius 1 is 1.14 bits per heavy atom. The maximum atomic E-state index is 12.5. The van der Waals surface area contributed by atoms with Crippen molar-refractivity contribution in [3.63, 3.8) is 0 Å². The molecule has 2 aromatic carbocycles. The number of amides is 2. The first kappa shape index (κ1) is 26.2. The predicted octanol–water partition coefficient (Wildman–Crippen LogP) is 3.81. The second-order valence-electron chi connectivity index (χ2n) is 8.88. The lowest BCUT2D eigenvalue weighted by molar-refractivity contribution is -0.122. The van der Waals surface area contributed by atoms with Gasteiger partial charge in [0.05, 0.1) is 36.0 Å². The van der Waals surface area contributed by atoms with Gasteiger partial charge in [0.15, 0.2) is 11.5 Å². The molecule has 2 heterocycles. The van der Waals surface area contributed by atoms with Crippen LogP contribution >= 0.6 is 0 Å². The van der Waals surface area contributed by atoms with Gasteiger partial charge in [0.2, 0.25) is 5.91 Å². The minimum Gasteiger partial charge on any atom is -0.490 e. The number of ether oxygens (including phenoxy) is 2. The molecule has 0 radical (unpaired) electrons. The molecule has 4 rings (SSSR count). The maximum Gasteiger partial charge on any atom is 0.252 e. The number of nitrogens with one attached hydrogen (secondary N) is 3. The first-order valence-electron chi connectivity index (χ1n) is 12.9. The van der Waals surface area contributed by atoms with Crippen molar-refractivity contribution in [1.82, 2.24) is 15.6 Å². The summed E-state index contributed by atoms with van der Waals surface area (Å²) >= 11 is 0. The fraction of sp³-hybridized carbons (Fsp3) is 0.393. The van der Waals surface area contributed by atoms with Gasteiger partial charge >= 0.3 is 0 Å². The quantitative estimate of drug-likeness (QED) is 0.312. The molecule has 0 saturated carbocycles. The lowest BCUT2D eigenvalue weighted by atomic mass is 10.0. The summed E-state index contributed by atoms with van der Waals surface area (Å²) in [5.41, 5.74) is 10.1. The Labute approximate surface area is 217 Å². The minimum atomic E-state index is -0.589. The molecule has 5 N–H and O–H groups in total. The summed E-state index contributed by atoms with van der Waals surface area (Å²) in [5, 5.41) is 10.4. The van der Waals surface area contributed by atoms with Crippen molar-refractivity contribution in [3.05, 3.63) is 53.2 Å². The summed E-state index contributed by atoms with van der Waals surface area (Å²) in [4.78, 5) is 29.4. The highest BCUT2D eigenvalue weighted by molar-refractivity contribution is 6.08. The zero-order valence-electron chi connectivity index (χ0n) is 21.6. The van der Waals surface area contributed by atoms with Gasteiger partial charge in [-0.25, -0.2) is 0 Å². The number of fused-ring (bicyclic) bond motifs is 1. The molecule has 1 aliphatic rings. The van der Waals surface area contributed by atoms with Gasteiger partial charge < -0.3 is 31.2 Å². The Balaban J connectivity index is 1.73. The summed E-state index contributed by atoms with van der Waals surface area (Å²) in [6.07, 6.45) is 4.07. The number of pyridine rings is 1. The Bertz CT molecular complexity index is 1290. The number of anilines is 2. The average molecular weight is 506 g/mol. The van der Waals surface area contributed by atoms with Crippen LogP contribution < -0.4 is 31.2 Å². The molecule has 1 fully saturated rings. The molecule has 37 heavy (non-hydrogen) atoms. The second kappa shape index (κ2) is 11.9. The van der Waals surface area contributed by atoms with Gasteiger partial charge in [-0.2, -0.15) is 0 Å². The van der Waals surface area contributed by atoms with E-state index in [9.17, 15) is 9.59 Å². The zero-order valence-corrected chi connectivity index (χ0v) is 21.6. The molecular weight excluding hydrogens is 470 g/mol. The maximum absolute atomic E-state index is 12.5. The van der Waals surface area contributed by atoms with Crippen molar-refractivity contribution >= 4 is 34.1 Å². The first-order valence-corrected chi connectivity index (χ1v) is 12.9. The second-order valence-corrected chi connectivity index (χ2v) is 8.88. The van der Waals surface area contributed by atoms with Crippen LogP contribution in [0.4, 0.5) is 11.4 Å². The van der Waals surface area contributed by atoms with Crippen LogP contribution in [-0.2, 0) is 17.8 Å². The molecule has 196 valence electrons. The van der Waals surface area contributed by atoms with Gasteiger partial charge in [-0.05, 0) is 62.9 Å². The van der Waals surface area contributed by atoms with Crippen LogP contribution in [0.25, 0.3) is 10.9 Å². The number of hydrogen-bond donors (Lipinski definition) is 4. The van der Waals surface area contributed by atoms with E-state index in [1.165, 1.54) is 6.20 Å². The van der Waals surface area contributed by atoms with E-state index < -0.39 is 5.91 Å². The SMILES string of the molecule is CCOc1cc2ncc(C(N)=O)c(Nc3cccc(CNC(=O)[C@H]4CCCN4)c3CC)c2cc1OCC. The van der Waals surface area contributed by atoms with E-state index in [2.05, 4.69) is 27.9 Å². The number of primary amides is 1. The summed E-state index contributed by atoms with van der Waals surface area (Å²) in [6.45, 7) is 8.10. The van der Waals surface area contributed by atoms with E-state index in [1.54, 1.807) is 0 Å². The summed E-state index contributed by atoms with van der Waals surface area (Å²) in [6, 6.07) is 9.40. The highest BCUT2D eigenvalue weighted by atomic mass is 16.5. The Morgan fingerprint density at radius 2 is 1.89 bits per heavy atom. The van der Waals surface area contributed by atoms with Crippen LogP contribution in [0.15, 0.2) is 36.5 Å². The third-order valence-corrected chi connectivity index (χ3v) is 6.51. The molecule has 0 unspecified atom stereocenters. The fourth-order valence-corrected chi connectivity index (χ4v) is 4.74. The number of rotatable bonds is 11. The van der Waals surface area contributed by atoms with Gasteiger partial charge in [-0.3, -0.25) is 14.6 Å². The van der Waals surface area contributed by atoms with Gasteiger partial charge in [-0.15, -0.1) is 0 Å². The van der Waals surface area contributed by atoms with Crippen molar-refractivity contribution in [2.24, 2.45) is 5.73 Å². The largest absolute Gasteiger partial charge is 0.490 e. The van der Waals surface area contributed by atoms with Gasteiger partial charge in [0.25, 0.3) is 5.91 Å². The van der Waals surface area contributed by atoms with E-state index in [0.717, 1.165) is 42.6 Å². The summed E-state index contributed by atoms with van der Waals surface area (Å²) < 4.78 is 11.6. The third kappa shape index (κ3) is 5.77. The fourth-order valence-electron chi connectivity index (χ4n) is 4.74. The van der Waals surface area contributed by atoms with Crippen molar-refractivity contribution in [3.8, 4) is 11.5 Å². The van der Waals surface area contributed by atoms with E-state index in [4.69, 9.17) is 15.2 Å².